The number of carbonyl (C=O) groups excluding carboxylic acids is 3. The number of ether oxygens (including phenoxy) is 2. The summed E-state index contributed by atoms with van der Waals surface area (Å²) in [7, 11) is -2.09. The summed E-state index contributed by atoms with van der Waals surface area (Å²) in [6.07, 6.45) is 0. The molecule has 0 spiro atoms. The van der Waals surface area contributed by atoms with Crippen LogP contribution in [0.25, 0.3) is 10.8 Å². The maximum atomic E-state index is 13.3. The molecule has 5 rings (SSSR count). The Hall–Kier alpha value is -4.00. The summed E-state index contributed by atoms with van der Waals surface area (Å²) in [6.45, 7) is 2.33. The van der Waals surface area contributed by atoms with Crippen LogP contribution in [0.1, 0.15) is 12.5 Å². The molecular formula is C27H28N4O7S. The molecule has 0 aliphatic carbocycles. The molecule has 0 aromatic heterocycles. The predicted octanol–water partition coefficient (Wildman–Crippen LogP) is 2.28. The molecule has 2 aliphatic rings. The summed E-state index contributed by atoms with van der Waals surface area (Å²) in [5, 5.41) is 7.11. The minimum atomic E-state index is -3.67. The highest BCUT2D eigenvalue weighted by Crippen LogP contribution is 2.32. The first-order valence-electron chi connectivity index (χ1n) is 12.3. The molecular weight excluding hydrogens is 524 g/mol. The number of urea groups is 1. The Kier molecular flexibility index (Phi) is 7.02. The van der Waals surface area contributed by atoms with Crippen molar-refractivity contribution in [2.75, 3.05) is 45.3 Å². The molecule has 3 aromatic carbocycles. The summed E-state index contributed by atoms with van der Waals surface area (Å²) < 4.78 is 37.4. The smallest absolute Gasteiger partial charge is 0.325 e. The highest BCUT2D eigenvalue weighted by atomic mass is 32.2. The second-order valence-corrected chi connectivity index (χ2v) is 11.4. The second-order valence-electron chi connectivity index (χ2n) is 9.46. The molecule has 2 saturated heterocycles. The Labute approximate surface area is 225 Å². The lowest BCUT2D eigenvalue weighted by Gasteiger charge is -2.26. The second kappa shape index (κ2) is 10.3. The molecule has 0 bridgehead atoms. The third-order valence-corrected chi connectivity index (χ3v) is 8.86. The topological polar surface area (TPSA) is 134 Å². The summed E-state index contributed by atoms with van der Waals surface area (Å²) in [4.78, 5) is 39.8. The van der Waals surface area contributed by atoms with Crippen molar-refractivity contribution in [1.29, 1.82) is 0 Å². The fourth-order valence-electron chi connectivity index (χ4n) is 4.69. The van der Waals surface area contributed by atoms with Gasteiger partial charge in [0, 0.05) is 18.8 Å². The minimum absolute atomic E-state index is 0.0982. The number of morpholine rings is 1. The van der Waals surface area contributed by atoms with Gasteiger partial charge in [-0.25, -0.2) is 13.2 Å². The van der Waals surface area contributed by atoms with E-state index in [0.29, 0.717) is 30.2 Å². The first kappa shape index (κ1) is 26.6. The molecule has 39 heavy (non-hydrogen) atoms. The number of anilines is 1. The maximum Gasteiger partial charge on any atom is 0.325 e. The zero-order valence-corrected chi connectivity index (χ0v) is 22.3. The standard InChI is InChI=1S/C27H28N4O7S/c1-27(20-5-3-19-16-22(37-2)8-4-18(19)15-20)25(33)31(26(34)29-27)17-24(32)28-21-6-9-23(10-7-21)39(35,36)30-11-13-38-14-12-30/h3-10,15-16H,11-14,17H2,1-2H3,(H,28,32)(H,29,34)/t27-/m1/s1. The average Bonchev–Trinajstić information content (AvgIpc) is 3.16. The van der Waals surface area contributed by atoms with Gasteiger partial charge in [-0.15, -0.1) is 0 Å². The largest absolute Gasteiger partial charge is 0.497 e. The molecule has 2 aliphatic heterocycles. The van der Waals surface area contributed by atoms with Gasteiger partial charge in [-0.2, -0.15) is 4.31 Å². The highest BCUT2D eigenvalue weighted by Gasteiger charge is 2.49. The van der Waals surface area contributed by atoms with Gasteiger partial charge in [0.05, 0.1) is 25.2 Å². The van der Waals surface area contributed by atoms with E-state index in [1.54, 1.807) is 20.1 Å². The van der Waals surface area contributed by atoms with Crippen molar-refractivity contribution in [3.05, 3.63) is 66.2 Å². The first-order valence-corrected chi connectivity index (χ1v) is 13.8. The van der Waals surface area contributed by atoms with Gasteiger partial charge in [0.1, 0.15) is 17.8 Å². The number of amides is 4. The summed E-state index contributed by atoms with van der Waals surface area (Å²) in [5.74, 6) is -0.447. The molecule has 4 amide bonds. The Morgan fingerprint density at radius 3 is 2.38 bits per heavy atom. The number of imide groups is 1. The Morgan fingerprint density at radius 2 is 1.69 bits per heavy atom. The third kappa shape index (κ3) is 5.05. The van der Waals surface area contributed by atoms with Gasteiger partial charge in [-0.3, -0.25) is 14.5 Å². The molecule has 2 heterocycles. The van der Waals surface area contributed by atoms with Crippen molar-refractivity contribution >= 4 is 44.3 Å². The van der Waals surface area contributed by atoms with Crippen LogP contribution < -0.4 is 15.4 Å². The molecule has 11 nitrogen and oxygen atoms in total. The van der Waals surface area contributed by atoms with Crippen molar-refractivity contribution in [1.82, 2.24) is 14.5 Å². The van der Waals surface area contributed by atoms with Crippen molar-refractivity contribution in [3.63, 3.8) is 0 Å². The van der Waals surface area contributed by atoms with Gasteiger partial charge in [0.2, 0.25) is 15.9 Å². The Morgan fingerprint density at radius 1 is 1.03 bits per heavy atom. The Bertz CT molecular complexity index is 1550. The monoisotopic (exact) mass is 552 g/mol. The van der Waals surface area contributed by atoms with Crippen LogP contribution in [0.4, 0.5) is 10.5 Å². The highest BCUT2D eigenvalue weighted by molar-refractivity contribution is 7.89. The van der Waals surface area contributed by atoms with Gasteiger partial charge in [-0.05, 0) is 65.7 Å². The molecule has 3 aromatic rings. The summed E-state index contributed by atoms with van der Waals surface area (Å²) in [5.41, 5.74) is -0.430. The minimum Gasteiger partial charge on any atom is -0.497 e. The lowest BCUT2D eigenvalue weighted by atomic mass is 9.90. The number of hydrogen-bond donors (Lipinski definition) is 2. The number of nitrogens with one attached hydrogen (secondary N) is 2. The van der Waals surface area contributed by atoms with E-state index in [9.17, 15) is 22.8 Å². The zero-order valence-electron chi connectivity index (χ0n) is 21.5. The van der Waals surface area contributed by atoms with Crippen LogP contribution in [-0.2, 0) is 29.9 Å². The molecule has 0 radical (unpaired) electrons. The quantitative estimate of drug-likeness (QED) is 0.430. The van der Waals surface area contributed by atoms with E-state index in [4.69, 9.17) is 9.47 Å². The number of methoxy groups -OCH3 is 1. The number of fused-ring (bicyclic) bond motifs is 1. The fraction of sp³-hybridized carbons (Fsp3) is 0.296. The van der Waals surface area contributed by atoms with Gasteiger partial charge in [-0.1, -0.05) is 18.2 Å². The van der Waals surface area contributed by atoms with Crippen LogP contribution in [0.2, 0.25) is 0 Å². The van der Waals surface area contributed by atoms with Gasteiger partial charge in [0.15, 0.2) is 0 Å². The van der Waals surface area contributed by atoms with Crippen molar-refractivity contribution in [2.45, 2.75) is 17.4 Å². The molecule has 204 valence electrons. The van der Waals surface area contributed by atoms with Crippen molar-refractivity contribution < 1.29 is 32.3 Å². The van der Waals surface area contributed by atoms with Crippen LogP contribution in [0.5, 0.6) is 5.75 Å². The molecule has 0 saturated carbocycles. The van der Waals surface area contributed by atoms with Crippen molar-refractivity contribution in [2.24, 2.45) is 0 Å². The van der Waals surface area contributed by atoms with Crippen molar-refractivity contribution in [3.8, 4) is 5.75 Å². The zero-order chi connectivity index (χ0) is 27.8. The summed E-state index contributed by atoms with van der Waals surface area (Å²) >= 11 is 0. The molecule has 2 N–H and O–H groups in total. The van der Waals surface area contributed by atoms with Gasteiger partial charge in [0.25, 0.3) is 5.91 Å². The Balaban J connectivity index is 1.26. The van der Waals surface area contributed by atoms with Crippen LogP contribution in [0.3, 0.4) is 0 Å². The third-order valence-electron chi connectivity index (χ3n) is 6.95. The van der Waals surface area contributed by atoms with Gasteiger partial charge >= 0.3 is 6.03 Å². The number of nitrogens with zero attached hydrogens (tertiary/aromatic N) is 2. The van der Waals surface area contributed by atoms with E-state index >= 15 is 0 Å². The van der Waals surface area contributed by atoms with E-state index < -0.39 is 40.0 Å². The average molecular weight is 553 g/mol. The van der Waals surface area contributed by atoms with E-state index in [0.717, 1.165) is 15.7 Å². The summed E-state index contributed by atoms with van der Waals surface area (Å²) in [6, 6.07) is 16.0. The first-order chi connectivity index (χ1) is 18.6. The predicted molar refractivity (Wildman–Crippen MR) is 143 cm³/mol. The molecule has 12 heteroatoms. The van der Waals surface area contributed by atoms with Crippen LogP contribution in [0, 0.1) is 0 Å². The number of sulfonamides is 1. The molecule has 0 unspecified atom stereocenters. The van der Waals surface area contributed by atoms with E-state index in [-0.39, 0.29) is 18.0 Å². The number of benzene rings is 3. The SMILES string of the molecule is COc1ccc2cc([C@@]3(C)NC(=O)N(CC(=O)Nc4ccc(S(=O)(=O)N5CCOCC5)cc4)C3=O)ccc2c1. The van der Waals surface area contributed by atoms with Crippen LogP contribution in [0.15, 0.2) is 65.6 Å². The fourth-order valence-corrected chi connectivity index (χ4v) is 6.10. The van der Waals surface area contributed by atoms with E-state index in [2.05, 4.69) is 10.6 Å². The van der Waals surface area contributed by atoms with Crippen LogP contribution >= 0.6 is 0 Å². The number of hydrogen-bond acceptors (Lipinski definition) is 7. The van der Waals surface area contributed by atoms with Gasteiger partial charge < -0.3 is 20.1 Å². The van der Waals surface area contributed by atoms with Crippen LogP contribution in [-0.4, -0.2) is 75.4 Å². The molecule has 2 fully saturated rings. The maximum absolute atomic E-state index is 13.3. The molecule has 1 atom stereocenters. The van der Waals surface area contributed by atoms with E-state index in [1.807, 2.05) is 30.3 Å². The lowest BCUT2D eigenvalue weighted by molar-refractivity contribution is -0.133. The number of carbonyl (C=O) groups is 3. The van der Waals surface area contributed by atoms with E-state index in [1.165, 1.54) is 28.6 Å². The lowest BCUT2D eigenvalue weighted by Crippen LogP contribution is -2.42. The normalized spacial score (nSPS) is 20.2. The number of rotatable bonds is 7.